The molecule has 1 saturated heterocycles. The summed E-state index contributed by atoms with van der Waals surface area (Å²) in [5.41, 5.74) is 1.14. The molecule has 4 nitrogen and oxygen atoms in total. The van der Waals surface area contributed by atoms with Crippen LogP contribution in [0.4, 0.5) is 5.69 Å². The summed E-state index contributed by atoms with van der Waals surface area (Å²) in [5.74, 6) is 0.176. The van der Waals surface area contributed by atoms with Gasteiger partial charge in [0.15, 0.2) is 0 Å². The van der Waals surface area contributed by atoms with Gasteiger partial charge < -0.3 is 9.80 Å². The number of benzene rings is 1. The third kappa shape index (κ3) is 3.25. The number of carbonyl (C=O) groups excluding carboxylic acids is 1. The van der Waals surface area contributed by atoms with Crippen molar-refractivity contribution in [2.75, 3.05) is 18.0 Å². The second-order valence-electron chi connectivity index (χ2n) is 7.31. The second-order valence-corrected chi connectivity index (χ2v) is 8.71. The van der Waals surface area contributed by atoms with Crippen molar-refractivity contribution in [3.05, 3.63) is 24.3 Å². The van der Waals surface area contributed by atoms with E-state index < -0.39 is 0 Å². The number of anilines is 1. The van der Waals surface area contributed by atoms with Gasteiger partial charge in [-0.05, 0) is 45.7 Å². The Labute approximate surface area is 142 Å². The quantitative estimate of drug-likeness (QED) is 0.580. The summed E-state index contributed by atoms with van der Waals surface area (Å²) in [6.45, 7) is 9.64. The van der Waals surface area contributed by atoms with Crippen LogP contribution in [0.2, 0.25) is 0 Å². The van der Waals surface area contributed by atoms with E-state index in [9.17, 15) is 4.79 Å². The average molecular weight is 331 g/mol. The zero-order valence-electron chi connectivity index (χ0n) is 14.4. The minimum Gasteiger partial charge on any atom is -0.343 e. The van der Waals surface area contributed by atoms with Crippen LogP contribution < -0.4 is 4.90 Å². The predicted octanol–water partition coefficient (Wildman–Crippen LogP) is 3.76. The highest BCUT2D eigenvalue weighted by Crippen LogP contribution is 2.54. The Balaban J connectivity index is 1.91. The van der Waals surface area contributed by atoms with Crippen molar-refractivity contribution in [1.29, 1.82) is 0 Å². The van der Waals surface area contributed by atoms with Gasteiger partial charge in [0.25, 0.3) is 0 Å². The van der Waals surface area contributed by atoms with E-state index >= 15 is 0 Å². The number of nitrogens with zero attached hydrogens (tertiary/aromatic N) is 3. The molecular weight excluding hydrogens is 306 g/mol. The Morgan fingerprint density at radius 2 is 1.91 bits per heavy atom. The molecule has 0 aromatic heterocycles. The molecule has 0 N–H and O–H groups in total. The molecule has 0 radical (unpaired) electrons. The molecule has 0 atom stereocenters. The summed E-state index contributed by atoms with van der Waals surface area (Å²) in [6, 6.07) is 8.53. The van der Waals surface area contributed by atoms with Crippen LogP contribution in [0.1, 0.15) is 40.5 Å². The predicted molar refractivity (Wildman–Crippen MR) is 97.2 cm³/mol. The number of carbonyl (C=O) groups is 1. The second kappa shape index (κ2) is 5.86. The summed E-state index contributed by atoms with van der Waals surface area (Å²) in [5, 5.41) is 0. The third-order valence-electron chi connectivity index (χ3n) is 4.41. The van der Waals surface area contributed by atoms with Crippen LogP contribution in [0.3, 0.4) is 0 Å². The van der Waals surface area contributed by atoms with Gasteiger partial charge in [0.2, 0.25) is 5.91 Å². The summed E-state index contributed by atoms with van der Waals surface area (Å²) in [7, 11) is 0. The lowest BCUT2D eigenvalue weighted by molar-refractivity contribution is -0.129. The van der Waals surface area contributed by atoms with Crippen molar-refractivity contribution in [3.8, 4) is 0 Å². The molecule has 3 rings (SSSR count). The smallest absolute Gasteiger partial charge is 0.219 e. The summed E-state index contributed by atoms with van der Waals surface area (Å²) in [4.78, 5) is 22.0. The number of piperidine rings is 1. The molecule has 23 heavy (non-hydrogen) atoms. The normalized spacial score (nSPS) is 20.3. The van der Waals surface area contributed by atoms with Gasteiger partial charge in [0.05, 0.1) is 22.4 Å². The van der Waals surface area contributed by atoms with Crippen LogP contribution in [-0.2, 0) is 4.79 Å². The Bertz CT molecular complexity index is 627. The number of para-hydroxylation sites is 1. The summed E-state index contributed by atoms with van der Waals surface area (Å²) < 4.78 is 0. The number of fused-ring (bicyclic) bond motifs is 1. The highest BCUT2D eigenvalue weighted by molar-refractivity contribution is 8.01. The maximum absolute atomic E-state index is 11.6. The first kappa shape index (κ1) is 16.4. The van der Waals surface area contributed by atoms with E-state index in [1.54, 1.807) is 6.92 Å². The maximum atomic E-state index is 11.6. The van der Waals surface area contributed by atoms with Crippen LogP contribution in [0, 0.1) is 0 Å². The monoisotopic (exact) mass is 331 g/mol. The first-order valence-corrected chi connectivity index (χ1v) is 9.01. The Hall–Kier alpha value is -1.49. The average Bonchev–Trinajstić information content (AvgIpc) is 2.77. The fourth-order valence-electron chi connectivity index (χ4n) is 3.13. The zero-order chi connectivity index (χ0) is 16.7. The van der Waals surface area contributed by atoms with Gasteiger partial charge in [-0.3, -0.25) is 9.79 Å². The minimum atomic E-state index is -0.0938. The molecule has 0 aliphatic carbocycles. The van der Waals surface area contributed by atoms with Crippen LogP contribution in [0.15, 0.2) is 34.2 Å². The molecular formula is C18H25N3OS. The van der Waals surface area contributed by atoms with Gasteiger partial charge in [-0.15, -0.1) is 0 Å². The molecule has 1 fully saturated rings. The van der Waals surface area contributed by atoms with E-state index in [0.717, 1.165) is 25.9 Å². The summed E-state index contributed by atoms with van der Waals surface area (Å²) >= 11 is 1.93. The van der Waals surface area contributed by atoms with E-state index in [0.29, 0.717) is 0 Å². The topological polar surface area (TPSA) is 35.9 Å². The van der Waals surface area contributed by atoms with E-state index in [2.05, 4.69) is 49.9 Å². The van der Waals surface area contributed by atoms with Crippen molar-refractivity contribution in [1.82, 2.24) is 4.90 Å². The van der Waals surface area contributed by atoms with Gasteiger partial charge in [0, 0.05) is 24.9 Å². The van der Waals surface area contributed by atoms with Crippen LogP contribution >= 0.6 is 11.8 Å². The molecule has 2 aliphatic heterocycles. The molecule has 1 spiro atoms. The Morgan fingerprint density at radius 3 is 2.52 bits per heavy atom. The van der Waals surface area contributed by atoms with E-state index in [4.69, 9.17) is 4.99 Å². The molecule has 1 aromatic rings. The molecule has 2 aliphatic rings. The molecule has 0 bridgehead atoms. The van der Waals surface area contributed by atoms with Crippen LogP contribution in [0.25, 0.3) is 0 Å². The first-order valence-electron chi connectivity index (χ1n) is 8.19. The Morgan fingerprint density at radius 1 is 1.26 bits per heavy atom. The van der Waals surface area contributed by atoms with Crippen molar-refractivity contribution in [3.63, 3.8) is 0 Å². The number of rotatable bonds is 1. The number of hydrogen-bond acceptors (Lipinski definition) is 3. The van der Waals surface area contributed by atoms with E-state index in [1.165, 1.54) is 10.6 Å². The van der Waals surface area contributed by atoms with Gasteiger partial charge in [-0.2, -0.15) is 0 Å². The largest absolute Gasteiger partial charge is 0.343 e. The number of hydrogen-bond donors (Lipinski definition) is 0. The SMILES string of the molecule is CC(=O)N1CCC2(CC1)Sc1ccccc1N2C=NC(C)(C)C. The fourth-order valence-corrected chi connectivity index (χ4v) is 4.59. The van der Waals surface area contributed by atoms with Crippen LogP contribution in [0.5, 0.6) is 0 Å². The number of likely N-dealkylation sites (tertiary alicyclic amines) is 1. The fraction of sp³-hybridized carbons (Fsp3) is 0.556. The number of amides is 1. The van der Waals surface area contributed by atoms with Gasteiger partial charge in [-0.25, -0.2) is 0 Å². The zero-order valence-corrected chi connectivity index (χ0v) is 15.2. The van der Waals surface area contributed by atoms with Crippen molar-refractivity contribution < 1.29 is 4.79 Å². The third-order valence-corrected chi connectivity index (χ3v) is 5.96. The van der Waals surface area contributed by atoms with Crippen molar-refractivity contribution >= 4 is 29.7 Å². The highest BCUT2D eigenvalue weighted by Gasteiger charge is 2.46. The van der Waals surface area contributed by atoms with E-state index in [-0.39, 0.29) is 16.3 Å². The van der Waals surface area contributed by atoms with Gasteiger partial charge >= 0.3 is 0 Å². The van der Waals surface area contributed by atoms with Crippen LogP contribution in [-0.4, -0.2) is 40.6 Å². The molecule has 2 heterocycles. The molecule has 0 unspecified atom stereocenters. The lowest BCUT2D eigenvalue weighted by Gasteiger charge is -2.43. The highest BCUT2D eigenvalue weighted by atomic mass is 32.2. The lowest BCUT2D eigenvalue weighted by Crippen LogP contribution is -2.52. The molecule has 1 amide bonds. The number of aliphatic imine (C=N–C) groups is 1. The summed E-state index contributed by atoms with van der Waals surface area (Å²) in [6.07, 6.45) is 3.94. The molecule has 124 valence electrons. The molecule has 5 heteroatoms. The first-order chi connectivity index (χ1) is 10.8. The van der Waals surface area contributed by atoms with Gasteiger partial charge in [0.1, 0.15) is 0 Å². The minimum absolute atomic E-state index is 0.00954. The maximum Gasteiger partial charge on any atom is 0.219 e. The van der Waals surface area contributed by atoms with Crippen molar-refractivity contribution in [2.24, 2.45) is 4.99 Å². The molecule has 0 saturated carbocycles. The molecule has 1 aromatic carbocycles. The Kier molecular flexibility index (Phi) is 4.17. The lowest BCUT2D eigenvalue weighted by atomic mass is 10.0. The standard InChI is InChI=1S/C18H25N3OS/c1-14(22)20-11-9-18(10-12-20)21(13-19-17(2,3)4)15-7-5-6-8-16(15)23-18/h5-8,13H,9-12H2,1-4H3. The van der Waals surface area contributed by atoms with Gasteiger partial charge in [-0.1, -0.05) is 23.9 Å². The van der Waals surface area contributed by atoms with E-state index in [1.807, 2.05) is 23.0 Å². The number of thioether (sulfide) groups is 1. The van der Waals surface area contributed by atoms with Crippen molar-refractivity contribution in [2.45, 2.75) is 55.8 Å².